The molecular formula is C11H13F2NO2. The predicted octanol–water partition coefficient (Wildman–Crippen LogP) is 2.81. The highest BCUT2D eigenvalue weighted by Gasteiger charge is 2.12. The molecule has 0 aliphatic heterocycles. The van der Waals surface area contributed by atoms with E-state index in [2.05, 4.69) is 0 Å². The maximum Gasteiger partial charge on any atom is 0.415 e. The maximum atomic E-state index is 12.8. The molecule has 1 amide bonds. The molecule has 3 nitrogen and oxygen atoms in total. The fraction of sp³-hybridized carbons (Fsp3) is 0.364. The van der Waals surface area contributed by atoms with Gasteiger partial charge in [-0.2, -0.15) is 0 Å². The fourth-order valence-electron chi connectivity index (χ4n) is 1.23. The Labute approximate surface area is 92.6 Å². The zero-order chi connectivity index (χ0) is 12.1. The highest BCUT2D eigenvalue weighted by Crippen LogP contribution is 2.16. The van der Waals surface area contributed by atoms with Gasteiger partial charge < -0.3 is 9.64 Å². The number of hydrogen-bond donors (Lipinski definition) is 0. The van der Waals surface area contributed by atoms with Gasteiger partial charge in [0.15, 0.2) is 0 Å². The molecule has 0 aliphatic carbocycles. The largest absolute Gasteiger partial charge is 0.415 e. The summed E-state index contributed by atoms with van der Waals surface area (Å²) in [6.45, 7) is 4.54. The van der Waals surface area contributed by atoms with Gasteiger partial charge in [0.05, 0.1) is 0 Å². The Morgan fingerprint density at radius 2 is 1.69 bits per heavy atom. The van der Waals surface area contributed by atoms with Crippen LogP contribution in [0.4, 0.5) is 13.6 Å². The number of carbonyl (C=O) groups excluding carboxylic acids is 1. The van der Waals surface area contributed by atoms with Crippen molar-refractivity contribution in [1.82, 2.24) is 4.90 Å². The lowest BCUT2D eigenvalue weighted by Gasteiger charge is -2.17. The molecule has 1 aromatic rings. The molecule has 0 aromatic heterocycles. The highest BCUT2D eigenvalue weighted by atomic mass is 19.1. The van der Waals surface area contributed by atoms with Gasteiger partial charge in [-0.25, -0.2) is 13.6 Å². The van der Waals surface area contributed by atoms with E-state index in [9.17, 15) is 13.6 Å². The second kappa shape index (κ2) is 5.44. The monoisotopic (exact) mass is 229 g/mol. The summed E-state index contributed by atoms with van der Waals surface area (Å²) in [5.74, 6) is -1.68. The molecule has 0 aliphatic rings. The van der Waals surface area contributed by atoms with Crippen LogP contribution in [0.2, 0.25) is 0 Å². The molecule has 1 aromatic carbocycles. The number of hydrogen-bond acceptors (Lipinski definition) is 2. The van der Waals surface area contributed by atoms with Gasteiger partial charge in [-0.05, 0) is 13.8 Å². The standard InChI is InChI=1S/C11H13F2NO2/c1-3-14(4-2)11(15)16-10-6-8(12)5-9(13)7-10/h5-7H,3-4H2,1-2H3. The van der Waals surface area contributed by atoms with E-state index in [1.165, 1.54) is 4.90 Å². The Kier molecular flexibility index (Phi) is 4.22. The molecule has 0 saturated heterocycles. The van der Waals surface area contributed by atoms with Crippen molar-refractivity contribution in [2.75, 3.05) is 13.1 Å². The third kappa shape index (κ3) is 3.18. The fourth-order valence-corrected chi connectivity index (χ4v) is 1.23. The van der Waals surface area contributed by atoms with Crippen molar-refractivity contribution >= 4 is 6.09 Å². The van der Waals surface area contributed by atoms with Gasteiger partial charge in [-0.1, -0.05) is 0 Å². The second-order valence-corrected chi connectivity index (χ2v) is 3.15. The van der Waals surface area contributed by atoms with Crippen molar-refractivity contribution in [1.29, 1.82) is 0 Å². The molecular weight excluding hydrogens is 216 g/mol. The van der Waals surface area contributed by atoms with Crippen molar-refractivity contribution < 1.29 is 18.3 Å². The lowest BCUT2D eigenvalue weighted by atomic mass is 10.3. The highest BCUT2D eigenvalue weighted by molar-refractivity contribution is 5.70. The summed E-state index contributed by atoms with van der Waals surface area (Å²) in [6.07, 6.45) is -0.616. The molecule has 88 valence electrons. The number of nitrogens with zero attached hydrogens (tertiary/aromatic N) is 1. The molecule has 16 heavy (non-hydrogen) atoms. The molecule has 0 spiro atoms. The molecule has 0 fully saturated rings. The predicted molar refractivity (Wildman–Crippen MR) is 55.3 cm³/mol. The maximum absolute atomic E-state index is 12.8. The minimum absolute atomic E-state index is 0.130. The Balaban J connectivity index is 2.76. The summed E-state index contributed by atoms with van der Waals surface area (Å²) in [6, 6.07) is 2.64. The van der Waals surface area contributed by atoms with Crippen LogP contribution in [0.25, 0.3) is 0 Å². The van der Waals surface area contributed by atoms with Gasteiger partial charge in [0.25, 0.3) is 0 Å². The minimum Gasteiger partial charge on any atom is -0.410 e. The van der Waals surface area contributed by atoms with Gasteiger partial charge in [-0.15, -0.1) is 0 Å². The summed E-state index contributed by atoms with van der Waals surface area (Å²) in [4.78, 5) is 12.9. The van der Waals surface area contributed by atoms with Crippen molar-refractivity contribution in [3.05, 3.63) is 29.8 Å². The Morgan fingerprint density at radius 1 is 1.19 bits per heavy atom. The number of amides is 1. The van der Waals surface area contributed by atoms with Gasteiger partial charge in [0, 0.05) is 31.3 Å². The SMILES string of the molecule is CCN(CC)C(=O)Oc1cc(F)cc(F)c1. The molecule has 5 heteroatoms. The molecule has 1 rings (SSSR count). The zero-order valence-electron chi connectivity index (χ0n) is 9.17. The van der Waals surface area contributed by atoms with Crippen LogP contribution >= 0.6 is 0 Å². The molecule has 0 heterocycles. The van der Waals surface area contributed by atoms with Crippen LogP contribution in [-0.2, 0) is 0 Å². The quantitative estimate of drug-likeness (QED) is 0.797. The topological polar surface area (TPSA) is 29.5 Å². The normalized spacial score (nSPS) is 10.0. The second-order valence-electron chi connectivity index (χ2n) is 3.15. The smallest absolute Gasteiger partial charge is 0.410 e. The van der Waals surface area contributed by atoms with Crippen molar-refractivity contribution in [2.45, 2.75) is 13.8 Å². The van der Waals surface area contributed by atoms with Crippen LogP contribution in [0.15, 0.2) is 18.2 Å². The molecule has 0 unspecified atom stereocenters. The number of rotatable bonds is 3. The first-order chi connectivity index (χ1) is 7.56. The minimum atomic E-state index is -0.776. The van der Waals surface area contributed by atoms with Crippen LogP contribution in [0, 0.1) is 11.6 Å². The van der Waals surface area contributed by atoms with E-state index in [1.54, 1.807) is 13.8 Å². The van der Waals surface area contributed by atoms with E-state index >= 15 is 0 Å². The third-order valence-electron chi connectivity index (χ3n) is 2.06. The molecule has 0 N–H and O–H groups in total. The number of carbonyl (C=O) groups is 1. The summed E-state index contributed by atoms with van der Waals surface area (Å²) in [7, 11) is 0. The van der Waals surface area contributed by atoms with Crippen LogP contribution < -0.4 is 4.74 Å². The van der Waals surface area contributed by atoms with E-state index in [4.69, 9.17) is 4.74 Å². The Hall–Kier alpha value is -1.65. The van der Waals surface area contributed by atoms with E-state index < -0.39 is 17.7 Å². The summed E-state index contributed by atoms with van der Waals surface area (Å²) in [5.41, 5.74) is 0. The average Bonchev–Trinajstić information content (AvgIpc) is 2.17. The van der Waals surface area contributed by atoms with Crippen LogP contribution in [0.3, 0.4) is 0 Å². The first kappa shape index (κ1) is 12.4. The molecule has 0 saturated carbocycles. The van der Waals surface area contributed by atoms with Gasteiger partial charge >= 0.3 is 6.09 Å². The molecule has 0 radical (unpaired) electrons. The zero-order valence-corrected chi connectivity index (χ0v) is 9.17. The van der Waals surface area contributed by atoms with Crippen molar-refractivity contribution in [2.24, 2.45) is 0 Å². The average molecular weight is 229 g/mol. The van der Waals surface area contributed by atoms with Crippen molar-refractivity contribution in [3.63, 3.8) is 0 Å². The van der Waals surface area contributed by atoms with Gasteiger partial charge in [0.2, 0.25) is 0 Å². The van der Waals surface area contributed by atoms with Crippen LogP contribution in [0.5, 0.6) is 5.75 Å². The summed E-state index contributed by atoms with van der Waals surface area (Å²) < 4.78 is 30.4. The van der Waals surface area contributed by atoms with Crippen molar-refractivity contribution in [3.8, 4) is 5.75 Å². The van der Waals surface area contributed by atoms with E-state index in [-0.39, 0.29) is 5.75 Å². The first-order valence-electron chi connectivity index (χ1n) is 4.99. The number of benzene rings is 1. The molecule has 0 atom stereocenters. The van der Waals surface area contributed by atoms with Gasteiger partial charge in [0.1, 0.15) is 17.4 Å². The van der Waals surface area contributed by atoms with E-state index in [0.717, 1.165) is 18.2 Å². The van der Waals surface area contributed by atoms with E-state index in [1.807, 2.05) is 0 Å². The Bertz CT molecular complexity index is 358. The van der Waals surface area contributed by atoms with Crippen LogP contribution in [-0.4, -0.2) is 24.1 Å². The summed E-state index contributed by atoms with van der Waals surface area (Å²) in [5, 5.41) is 0. The number of ether oxygens (including phenoxy) is 1. The first-order valence-corrected chi connectivity index (χ1v) is 4.99. The molecule has 0 bridgehead atoms. The lowest BCUT2D eigenvalue weighted by Crippen LogP contribution is -2.33. The summed E-state index contributed by atoms with van der Waals surface area (Å²) >= 11 is 0. The van der Waals surface area contributed by atoms with Gasteiger partial charge in [-0.3, -0.25) is 0 Å². The third-order valence-corrected chi connectivity index (χ3v) is 2.06. The Morgan fingerprint density at radius 3 is 2.12 bits per heavy atom. The number of halogens is 2. The van der Waals surface area contributed by atoms with Crippen LogP contribution in [0.1, 0.15) is 13.8 Å². The lowest BCUT2D eigenvalue weighted by molar-refractivity contribution is 0.157. The van der Waals surface area contributed by atoms with E-state index in [0.29, 0.717) is 13.1 Å².